The monoisotopic (exact) mass is 1060 g/mol. The summed E-state index contributed by atoms with van der Waals surface area (Å²) in [6.07, 6.45) is 47.2. The normalized spacial score (nSPS) is 18.2. The van der Waals surface area contributed by atoms with E-state index in [0.717, 1.165) is 77.0 Å². The van der Waals surface area contributed by atoms with Crippen LogP contribution in [-0.2, 0) is 42.9 Å². The Hall–Kier alpha value is -2.80. The first kappa shape index (κ1) is 70.2. The molecule has 0 aromatic rings. The Bertz CT molecular complexity index is 1400. The van der Waals surface area contributed by atoms with Crippen molar-refractivity contribution in [3.63, 3.8) is 0 Å². The lowest BCUT2D eigenvalue weighted by atomic mass is 9.98. The van der Waals surface area contributed by atoms with Crippen LogP contribution in [-0.4, -0.2) is 89.2 Å². The van der Waals surface area contributed by atoms with Crippen LogP contribution in [0.3, 0.4) is 0 Å². The van der Waals surface area contributed by atoms with E-state index in [1.165, 1.54) is 167 Å². The third kappa shape index (κ3) is 41.9. The summed E-state index contributed by atoms with van der Waals surface area (Å²) in [5.74, 6) is -3.10. The van der Waals surface area contributed by atoms with Crippen molar-refractivity contribution in [3.8, 4) is 0 Å². The van der Waals surface area contributed by atoms with E-state index in [1.807, 2.05) is 0 Å². The number of carboxylic acid groups (broad SMARTS) is 1. The van der Waals surface area contributed by atoms with Crippen LogP contribution >= 0.6 is 0 Å². The number of rotatable bonds is 54. The minimum Gasteiger partial charge on any atom is -0.479 e. The van der Waals surface area contributed by atoms with Crippen molar-refractivity contribution in [2.45, 2.75) is 340 Å². The Morgan fingerprint density at radius 1 is 0.427 bits per heavy atom. The lowest BCUT2D eigenvalue weighted by Crippen LogP contribution is -2.61. The number of carbonyl (C=O) groups is 4. The van der Waals surface area contributed by atoms with Gasteiger partial charge in [0.2, 0.25) is 0 Å². The van der Waals surface area contributed by atoms with Crippen molar-refractivity contribution in [2.75, 3.05) is 13.2 Å². The second-order valence-corrected chi connectivity index (χ2v) is 21.7. The van der Waals surface area contributed by atoms with Crippen LogP contribution < -0.4 is 0 Å². The Kier molecular flexibility index (Phi) is 48.6. The molecule has 1 aliphatic heterocycles. The highest BCUT2D eigenvalue weighted by atomic mass is 16.7. The average molecular weight is 1060 g/mol. The zero-order chi connectivity index (χ0) is 54.7. The van der Waals surface area contributed by atoms with Gasteiger partial charge in [0, 0.05) is 19.3 Å². The second kappa shape index (κ2) is 51.9. The number of hydrogen-bond acceptors (Lipinski definition) is 11. The van der Waals surface area contributed by atoms with E-state index < -0.39 is 67.3 Å². The lowest BCUT2D eigenvalue weighted by Gasteiger charge is -2.40. The van der Waals surface area contributed by atoms with Gasteiger partial charge in [0.05, 0.1) is 6.61 Å². The predicted octanol–water partition coefficient (Wildman–Crippen LogP) is 16.2. The zero-order valence-corrected chi connectivity index (χ0v) is 48.3. The van der Waals surface area contributed by atoms with Gasteiger partial charge in [-0.15, -0.1) is 0 Å². The molecule has 0 saturated carbocycles. The van der Waals surface area contributed by atoms with E-state index in [1.54, 1.807) is 0 Å². The van der Waals surface area contributed by atoms with Gasteiger partial charge >= 0.3 is 23.9 Å². The molecule has 1 saturated heterocycles. The van der Waals surface area contributed by atoms with E-state index in [9.17, 15) is 34.5 Å². The predicted molar refractivity (Wildman–Crippen MR) is 303 cm³/mol. The minimum atomic E-state index is -1.90. The Morgan fingerprint density at radius 3 is 1.17 bits per heavy atom. The highest BCUT2D eigenvalue weighted by Crippen LogP contribution is 2.27. The summed E-state index contributed by atoms with van der Waals surface area (Å²) in [5, 5.41) is 31.5. The second-order valence-electron chi connectivity index (χ2n) is 21.7. The maximum absolute atomic E-state index is 13.1. The molecule has 0 amide bonds. The fourth-order valence-corrected chi connectivity index (χ4v) is 9.64. The summed E-state index contributed by atoms with van der Waals surface area (Å²) < 4.78 is 28.5. The van der Waals surface area contributed by atoms with E-state index in [-0.39, 0.29) is 25.9 Å². The lowest BCUT2D eigenvalue weighted by molar-refractivity contribution is -0.301. The smallest absolute Gasteiger partial charge is 0.335 e. The number of carbonyl (C=O) groups excluding carboxylic acids is 3. The summed E-state index contributed by atoms with van der Waals surface area (Å²) in [6, 6.07) is 0. The molecule has 438 valence electrons. The standard InChI is InChI=1S/C63H114O12/c1-4-7-10-13-16-19-22-24-26-27-28-29-31-32-35-37-40-43-46-49-55(64)71-52-54(73-56(65)50-47-44-41-38-34-21-18-15-12-9-6-3)53-72-63-61(59(68)58(67)60(75-63)62(69)70)74-57(66)51-48-45-42-39-36-33-30-25-23-20-17-14-11-8-5-2/h15,18,24,26,54,58-61,63,67-68H,4-14,16-17,19-23,25,27-53H2,1-3H3,(H,69,70)/b18-15-,26-24-. The van der Waals surface area contributed by atoms with E-state index in [2.05, 4.69) is 45.1 Å². The van der Waals surface area contributed by atoms with Crippen LogP contribution in [0.15, 0.2) is 24.3 Å². The van der Waals surface area contributed by atoms with Crippen molar-refractivity contribution in [2.24, 2.45) is 0 Å². The molecule has 1 rings (SSSR count). The number of aliphatic carboxylic acids is 1. The summed E-state index contributed by atoms with van der Waals surface area (Å²) in [6.45, 7) is 5.98. The molecule has 1 fully saturated rings. The van der Waals surface area contributed by atoms with Crippen molar-refractivity contribution < 1.29 is 58.2 Å². The van der Waals surface area contributed by atoms with Crippen molar-refractivity contribution in [1.82, 2.24) is 0 Å². The van der Waals surface area contributed by atoms with E-state index in [4.69, 9.17) is 23.7 Å². The molecule has 75 heavy (non-hydrogen) atoms. The Morgan fingerprint density at radius 2 is 0.773 bits per heavy atom. The molecular weight excluding hydrogens is 949 g/mol. The van der Waals surface area contributed by atoms with Gasteiger partial charge in [0.1, 0.15) is 18.8 Å². The van der Waals surface area contributed by atoms with Crippen LogP contribution in [0.1, 0.15) is 303 Å². The van der Waals surface area contributed by atoms with Crippen LogP contribution in [0.25, 0.3) is 0 Å². The molecule has 0 aromatic carbocycles. The van der Waals surface area contributed by atoms with Gasteiger partial charge in [-0.25, -0.2) is 4.79 Å². The maximum atomic E-state index is 13.1. The molecule has 6 atom stereocenters. The maximum Gasteiger partial charge on any atom is 0.335 e. The summed E-state index contributed by atoms with van der Waals surface area (Å²) in [5.41, 5.74) is 0. The molecule has 6 unspecified atom stereocenters. The molecule has 1 aliphatic rings. The largest absolute Gasteiger partial charge is 0.479 e. The van der Waals surface area contributed by atoms with Crippen LogP contribution in [0.5, 0.6) is 0 Å². The van der Waals surface area contributed by atoms with Crippen molar-refractivity contribution >= 4 is 23.9 Å². The first-order valence-corrected chi connectivity index (χ1v) is 31.3. The Labute approximate surface area is 458 Å². The van der Waals surface area contributed by atoms with Gasteiger partial charge in [0.15, 0.2) is 24.6 Å². The number of aliphatic hydroxyl groups is 2. The molecule has 0 aliphatic carbocycles. The van der Waals surface area contributed by atoms with Gasteiger partial charge in [-0.2, -0.15) is 0 Å². The Balaban J connectivity index is 2.62. The summed E-state index contributed by atoms with van der Waals surface area (Å²) >= 11 is 0. The fraction of sp³-hybridized carbons (Fsp3) is 0.873. The molecule has 3 N–H and O–H groups in total. The molecule has 0 bridgehead atoms. The molecule has 12 heteroatoms. The SMILES string of the molecule is CCCC/C=C\CCCCCCCC(=O)OC(COC(=O)CCCCCCCCCCC/C=C\CCCCCCCC)COC1OC(C(=O)O)C(O)C(O)C1OC(=O)CCCCCCCCCCCCCCCCC. The number of hydrogen-bond donors (Lipinski definition) is 3. The average Bonchev–Trinajstić information content (AvgIpc) is 3.39. The number of ether oxygens (including phenoxy) is 5. The molecule has 0 radical (unpaired) electrons. The minimum absolute atomic E-state index is 0.0661. The van der Waals surface area contributed by atoms with Gasteiger partial charge in [-0.05, 0) is 64.2 Å². The highest BCUT2D eigenvalue weighted by Gasteiger charge is 2.50. The molecule has 0 spiro atoms. The number of esters is 3. The highest BCUT2D eigenvalue weighted by molar-refractivity contribution is 5.74. The van der Waals surface area contributed by atoms with Crippen LogP contribution in [0.4, 0.5) is 0 Å². The molecule has 0 aromatic heterocycles. The zero-order valence-electron chi connectivity index (χ0n) is 48.3. The first-order valence-electron chi connectivity index (χ1n) is 31.3. The molecule has 1 heterocycles. The quantitative estimate of drug-likeness (QED) is 0.0228. The van der Waals surface area contributed by atoms with Crippen LogP contribution in [0, 0.1) is 0 Å². The number of aliphatic hydroxyl groups excluding tert-OH is 2. The molecular formula is C63H114O12. The van der Waals surface area contributed by atoms with Gasteiger partial charge in [0.25, 0.3) is 0 Å². The third-order valence-corrected chi connectivity index (χ3v) is 14.5. The number of unbranched alkanes of at least 4 members (excludes halogenated alkanes) is 36. The van der Waals surface area contributed by atoms with Crippen molar-refractivity contribution in [1.29, 1.82) is 0 Å². The number of carboxylic acids is 1. The van der Waals surface area contributed by atoms with Crippen LogP contribution in [0.2, 0.25) is 0 Å². The number of allylic oxidation sites excluding steroid dienone is 4. The van der Waals surface area contributed by atoms with Crippen molar-refractivity contribution in [3.05, 3.63) is 24.3 Å². The van der Waals surface area contributed by atoms with Gasteiger partial charge < -0.3 is 39.0 Å². The summed E-state index contributed by atoms with van der Waals surface area (Å²) in [4.78, 5) is 51.1. The first-order chi connectivity index (χ1) is 36.6. The molecule has 12 nitrogen and oxygen atoms in total. The topological polar surface area (TPSA) is 175 Å². The summed E-state index contributed by atoms with van der Waals surface area (Å²) in [7, 11) is 0. The van der Waals surface area contributed by atoms with Gasteiger partial charge in [-0.3, -0.25) is 14.4 Å². The van der Waals surface area contributed by atoms with E-state index >= 15 is 0 Å². The third-order valence-electron chi connectivity index (χ3n) is 14.5. The fourth-order valence-electron chi connectivity index (χ4n) is 9.64. The van der Waals surface area contributed by atoms with E-state index in [0.29, 0.717) is 19.3 Å². The van der Waals surface area contributed by atoms with Gasteiger partial charge in [-0.1, -0.05) is 244 Å².